The van der Waals surface area contributed by atoms with Gasteiger partial charge in [0.1, 0.15) is 0 Å². The Kier molecular flexibility index (Phi) is 2.97. The average Bonchev–Trinajstić information content (AvgIpc) is 3.27. The van der Waals surface area contributed by atoms with Crippen LogP contribution in [0.3, 0.4) is 0 Å². The zero-order valence-electron chi connectivity index (χ0n) is 11.4. The summed E-state index contributed by atoms with van der Waals surface area (Å²) in [6.07, 6.45) is 4.98. The fraction of sp³-hybridized carbons (Fsp3) is 0. The van der Waals surface area contributed by atoms with Gasteiger partial charge in [-0.15, -0.1) is 10.2 Å². The molecule has 0 aromatic carbocycles. The minimum atomic E-state index is 0.341. The van der Waals surface area contributed by atoms with Crippen LogP contribution in [0.1, 0.15) is 0 Å². The van der Waals surface area contributed by atoms with Crippen LogP contribution < -0.4 is 0 Å². The van der Waals surface area contributed by atoms with E-state index >= 15 is 0 Å². The molecule has 22 heavy (non-hydrogen) atoms. The first-order chi connectivity index (χ1) is 10.9. The second-order valence-electron chi connectivity index (χ2n) is 4.54. The molecule has 0 amide bonds. The first-order valence-corrected chi connectivity index (χ1v) is 6.65. The molecule has 6 heteroatoms. The molecule has 6 nitrogen and oxygen atoms in total. The van der Waals surface area contributed by atoms with Crippen molar-refractivity contribution in [1.29, 1.82) is 0 Å². The van der Waals surface area contributed by atoms with E-state index < -0.39 is 0 Å². The molecule has 0 atom stereocenters. The summed E-state index contributed by atoms with van der Waals surface area (Å²) in [6, 6.07) is 13.0. The number of furan rings is 1. The zero-order chi connectivity index (χ0) is 14.8. The van der Waals surface area contributed by atoms with Crippen LogP contribution in [0.15, 0.2) is 70.0 Å². The van der Waals surface area contributed by atoms with E-state index in [1.165, 1.54) is 0 Å². The van der Waals surface area contributed by atoms with Crippen molar-refractivity contribution in [2.45, 2.75) is 0 Å². The molecule has 4 heterocycles. The summed E-state index contributed by atoms with van der Waals surface area (Å²) in [5.74, 6) is 1.28. The first-order valence-electron chi connectivity index (χ1n) is 6.65. The zero-order valence-corrected chi connectivity index (χ0v) is 11.4. The third-order valence-corrected chi connectivity index (χ3v) is 3.09. The van der Waals surface area contributed by atoms with Gasteiger partial charge in [0.2, 0.25) is 5.89 Å². The van der Waals surface area contributed by atoms with Gasteiger partial charge in [-0.3, -0.25) is 9.97 Å². The molecule has 0 spiro atoms. The van der Waals surface area contributed by atoms with Crippen molar-refractivity contribution in [3.8, 4) is 34.5 Å². The Morgan fingerprint density at radius 2 is 1.68 bits per heavy atom. The lowest BCUT2D eigenvalue weighted by Crippen LogP contribution is -1.87. The first kappa shape index (κ1) is 12.5. The van der Waals surface area contributed by atoms with Gasteiger partial charge in [0, 0.05) is 12.4 Å². The van der Waals surface area contributed by atoms with Crippen LogP contribution in [0.25, 0.3) is 34.5 Å². The predicted molar refractivity (Wildman–Crippen MR) is 78.5 cm³/mol. The molecule has 0 aliphatic heterocycles. The van der Waals surface area contributed by atoms with Crippen molar-refractivity contribution in [1.82, 2.24) is 20.2 Å². The van der Waals surface area contributed by atoms with Gasteiger partial charge in [0.05, 0.1) is 23.2 Å². The van der Waals surface area contributed by atoms with Crippen molar-refractivity contribution in [3.63, 3.8) is 0 Å². The Morgan fingerprint density at radius 1 is 0.773 bits per heavy atom. The summed E-state index contributed by atoms with van der Waals surface area (Å²) in [4.78, 5) is 8.65. The summed E-state index contributed by atoms with van der Waals surface area (Å²) in [5.41, 5.74) is 2.34. The lowest BCUT2D eigenvalue weighted by atomic mass is 10.2. The maximum absolute atomic E-state index is 5.59. The van der Waals surface area contributed by atoms with Gasteiger partial charge in [-0.25, -0.2) is 0 Å². The van der Waals surface area contributed by atoms with Crippen LogP contribution >= 0.6 is 0 Å². The van der Waals surface area contributed by atoms with E-state index in [0.29, 0.717) is 17.5 Å². The molecule has 0 saturated heterocycles. The van der Waals surface area contributed by atoms with Gasteiger partial charge in [-0.2, -0.15) is 0 Å². The number of hydrogen-bond acceptors (Lipinski definition) is 6. The fourth-order valence-electron chi connectivity index (χ4n) is 2.03. The summed E-state index contributed by atoms with van der Waals surface area (Å²) < 4.78 is 10.8. The van der Waals surface area contributed by atoms with Gasteiger partial charge in [0.25, 0.3) is 5.89 Å². The predicted octanol–water partition coefficient (Wildman–Crippen LogP) is 3.45. The molecule has 0 N–H and O–H groups in total. The van der Waals surface area contributed by atoms with E-state index in [2.05, 4.69) is 20.2 Å². The lowest BCUT2D eigenvalue weighted by molar-refractivity contribution is 0.523. The van der Waals surface area contributed by atoms with Gasteiger partial charge in [-0.1, -0.05) is 6.07 Å². The summed E-state index contributed by atoms with van der Waals surface area (Å²) in [5, 5.41) is 7.98. The molecule has 0 fully saturated rings. The van der Waals surface area contributed by atoms with Crippen LogP contribution in [-0.2, 0) is 0 Å². The molecule has 4 aromatic heterocycles. The largest absolute Gasteiger partial charge is 0.459 e. The van der Waals surface area contributed by atoms with Gasteiger partial charge in [-0.05, 0) is 36.4 Å². The van der Waals surface area contributed by atoms with Crippen molar-refractivity contribution in [2.24, 2.45) is 0 Å². The quantitative estimate of drug-likeness (QED) is 0.575. The molecule has 0 bridgehead atoms. The van der Waals surface area contributed by atoms with E-state index in [9.17, 15) is 0 Å². The Labute approximate surface area is 125 Å². The maximum Gasteiger partial charge on any atom is 0.283 e. The molecule has 0 aliphatic carbocycles. The third-order valence-electron chi connectivity index (χ3n) is 3.09. The van der Waals surface area contributed by atoms with E-state index in [0.717, 1.165) is 17.0 Å². The molecule has 4 aromatic rings. The number of nitrogens with zero attached hydrogens (tertiary/aromatic N) is 4. The number of rotatable bonds is 3. The number of pyridine rings is 2. The van der Waals surface area contributed by atoms with E-state index in [-0.39, 0.29) is 0 Å². The standard InChI is InChI=1S/C16H10N4O2/c1-2-8-17-12(4-1)13-7-6-11(10-18-13)15-19-20-16(22-15)14-5-3-9-21-14/h1-10H. The monoisotopic (exact) mass is 290 g/mol. The van der Waals surface area contributed by atoms with Crippen LogP contribution in [0.2, 0.25) is 0 Å². The Bertz CT molecular complexity index is 868. The van der Waals surface area contributed by atoms with Crippen LogP contribution in [0.4, 0.5) is 0 Å². The lowest BCUT2D eigenvalue weighted by Gasteiger charge is -1.99. The van der Waals surface area contributed by atoms with Crippen molar-refractivity contribution >= 4 is 0 Å². The minimum Gasteiger partial charge on any atom is -0.459 e. The molecule has 0 aliphatic rings. The molecular formula is C16H10N4O2. The molecular weight excluding hydrogens is 280 g/mol. The van der Waals surface area contributed by atoms with Crippen molar-refractivity contribution < 1.29 is 8.83 Å². The van der Waals surface area contributed by atoms with E-state index in [4.69, 9.17) is 8.83 Å². The highest BCUT2D eigenvalue weighted by molar-refractivity contribution is 5.60. The van der Waals surface area contributed by atoms with Crippen LogP contribution in [0, 0.1) is 0 Å². The van der Waals surface area contributed by atoms with Gasteiger partial charge in [0.15, 0.2) is 5.76 Å². The fourth-order valence-corrected chi connectivity index (χ4v) is 2.03. The van der Waals surface area contributed by atoms with E-state index in [1.807, 2.05) is 30.3 Å². The molecule has 4 rings (SSSR count). The highest BCUT2D eigenvalue weighted by Gasteiger charge is 2.12. The SMILES string of the molecule is c1ccc(-c2ccc(-c3nnc(-c4ccco4)o3)cn2)nc1. The van der Waals surface area contributed by atoms with E-state index in [1.54, 1.807) is 30.8 Å². The van der Waals surface area contributed by atoms with Crippen molar-refractivity contribution in [2.75, 3.05) is 0 Å². The topological polar surface area (TPSA) is 77.8 Å². The maximum atomic E-state index is 5.59. The number of hydrogen-bond donors (Lipinski definition) is 0. The highest BCUT2D eigenvalue weighted by Crippen LogP contribution is 2.24. The average molecular weight is 290 g/mol. The van der Waals surface area contributed by atoms with Gasteiger partial charge >= 0.3 is 0 Å². The molecule has 0 unspecified atom stereocenters. The summed E-state index contributed by atoms with van der Waals surface area (Å²) >= 11 is 0. The molecule has 106 valence electrons. The Hall–Kier alpha value is -3.28. The smallest absolute Gasteiger partial charge is 0.283 e. The van der Waals surface area contributed by atoms with Gasteiger partial charge < -0.3 is 8.83 Å². The van der Waals surface area contributed by atoms with Crippen LogP contribution in [0.5, 0.6) is 0 Å². The highest BCUT2D eigenvalue weighted by atomic mass is 16.4. The second-order valence-corrected chi connectivity index (χ2v) is 4.54. The van der Waals surface area contributed by atoms with Crippen LogP contribution in [-0.4, -0.2) is 20.2 Å². The third kappa shape index (κ3) is 2.26. The normalized spacial score (nSPS) is 10.7. The Morgan fingerprint density at radius 3 is 2.41 bits per heavy atom. The molecule has 0 saturated carbocycles. The summed E-state index contributed by atoms with van der Waals surface area (Å²) in [7, 11) is 0. The second kappa shape index (κ2) is 5.25. The minimum absolute atomic E-state index is 0.341. The number of aromatic nitrogens is 4. The Balaban J connectivity index is 1.64. The van der Waals surface area contributed by atoms with Crippen molar-refractivity contribution in [3.05, 3.63) is 61.1 Å². The molecule has 0 radical (unpaired) electrons. The summed E-state index contributed by atoms with van der Waals surface area (Å²) in [6.45, 7) is 0.